The minimum Gasteiger partial charge on any atom is -0.370 e. The summed E-state index contributed by atoms with van der Waals surface area (Å²) in [6, 6.07) is 3.99. The highest BCUT2D eigenvalue weighted by Crippen LogP contribution is 2.00. The van der Waals surface area contributed by atoms with E-state index in [1.165, 1.54) is 0 Å². The van der Waals surface area contributed by atoms with Crippen molar-refractivity contribution in [3.8, 4) is 0 Å². The summed E-state index contributed by atoms with van der Waals surface area (Å²) in [5.41, 5.74) is 7.74. The number of aliphatic imine (C=N–C) groups is 1. The highest BCUT2D eigenvalue weighted by atomic mass is 15.1. The first-order valence-corrected chi connectivity index (χ1v) is 5.17. The summed E-state index contributed by atoms with van der Waals surface area (Å²) in [4.78, 5) is 8.39. The highest BCUT2D eigenvalue weighted by molar-refractivity contribution is 5.77. The Morgan fingerprint density at radius 1 is 1.53 bits per heavy atom. The molecule has 0 bridgehead atoms. The van der Waals surface area contributed by atoms with Crippen molar-refractivity contribution in [1.29, 1.82) is 0 Å². The van der Waals surface area contributed by atoms with E-state index >= 15 is 0 Å². The molecule has 1 heterocycles. The summed E-state index contributed by atoms with van der Waals surface area (Å²) in [6.07, 6.45) is 2.87. The van der Waals surface area contributed by atoms with Crippen LogP contribution in [0.3, 0.4) is 0 Å². The van der Waals surface area contributed by atoms with Gasteiger partial charge in [-0.1, -0.05) is 13.0 Å². The molecule has 0 aliphatic rings. The monoisotopic (exact) mass is 206 g/mol. The predicted molar refractivity (Wildman–Crippen MR) is 62.6 cm³/mol. The molecular weight excluding hydrogens is 188 g/mol. The molecule has 4 heteroatoms. The van der Waals surface area contributed by atoms with Crippen molar-refractivity contribution in [2.24, 2.45) is 10.7 Å². The number of nitrogens with two attached hydrogens (primary N) is 1. The Hall–Kier alpha value is -1.58. The van der Waals surface area contributed by atoms with Gasteiger partial charge in [-0.25, -0.2) is 4.99 Å². The Bertz CT molecular complexity index is 316. The standard InChI is InChI=1S/C11H18N4/c1-3-6-13-11(12)15-8-10-5-4-9(2)14-7-10/h4-5,7H,3,6,8H2,1-2H3,(H3,12,13,15). The molecule has 1 aromatic rings. The van der Waals surface area contributed by atoms with Crippen LogP contribution in [0.4, 0.5) is 0 Å². The van der Waals surface area contributed by atoms with Crippen LogP contribution >= 0.6 is 0 Å². The van der Waals surface area contributed by atoms with Crippen LogP contribution in [-0.2, 0) is 6.54 Å². The smallest absolute Gasteiger partial charge is 0.188 e. The normalized spacial score (nSPS) is 11.5. The molecule has 0 amide bonds. The maximum Gasteiger partial charge on any atom is 0.188 e. The summed E-state index contributed by atoms with van der Waals surface area (Å²) < 4.78 is 0. The maximum atomic E-state index is 5.66. The number of nitrogens with zero attached hydrogens (tertiary/aromatic N) is 2. The van der Waals surface area contributed by atoms with Gasteiger partial charge in [0.2, 0.25) is 0 Å². The van der Waals surface area contributed by atoms with E-state index in [0.717, 1.165) is 24.2 Å². The van der Waals surface area contributed by atoms with Crippen molar-refractivity contribution < 1.29 is 0 Å². The largest absolute Gasteiger partial charge is 0.370 e. The van der Waals surface area contributed by atoms with E-state index in [2.05, 4.69) is 22.2 Å². The minimum absolute atomic E-state index is 0.498. The van der Waals surface area contributed by atoms with Crippen LogP contribution < -0.4 is 11.1 Å². The number of rotatable bonds is 4. The molecule has 0 unspecified atom stereocenters. The highest BCUT2D eigenvalue weighted by Gasteiger charge is 1.93. The third-order valence-corrected chi connectivity index (χ3v) is 1.96. The van der Waals surface area contributed by atoms with E-state index in [1.54, 1.807) is 0 Å². The SMILES string of the molecule is CCCNC(N)=NCc1ccc(C)nc1. The molecule has 1 aromatic heterocycles. The molecule has 4 nitrogen and oxygen atoms in total. The van der Waals surface area contributed by atoms with Gasteiger partial charge in [-0.15, -0.1) is 0 Å². The van der Waals surface area contributed by atoms with Crippen LogP contribution in [0.2, 0.25) is 0 Å². The molecule has 82 valence electrons. The van der Waals surface area contributed by atoms with E-state index in [9.17, 15) is 0 Å². The van der Waals surface area contributed by atoms with Gasteiger partial charge in [0, 0.05) is 18.4 Å². The van der Waals surface area contributed by atoms with Gasteiger partial charge in [-0.05, 0) is 25.0 Å². The number of aryl methyl sites for hydroxylation is 1. The van der Waals surface area contributed by atoms with Gasteiger partial charge >= 0.3 is 0 Å². The van der Waals surface area contributed by atoms with Crippen molar-refractivity contribution in [2.45, 2.75) is 26.8 Å². The molecule has 0 saturated heterocycles. The Morgan fingerprint density at radius 3 is 2.93 bits per heavy atom. The molecule has 0 aromatic carbocycles. The van der Waals surface area contributed by atoms with Gasteiger partial charge in [0.25, 0.3) is 0 Å². The molecule has 0 fully saturated rings. The maximum absolute atomic E-state index is 5.66. The fraction of sp³-hybridized carbons (Fsp3) is 0.455. The van der Waals surface area contributed by atoms with Gasteiger partial charge in [0.05, 0.1) is 6.54 Å². The van der Waals surface area contributed by atoms with Gasteiger partial charge in [-0.2, -0.15) is 0 Å². The van der Waals surface area contributed by atoms with Crippen molar-refractivity contribution in [2.75, 3.05) is 6.54 Å². The molecule has 0 aliphatic heterocycles. The van der Waals surface area contributed by atoms with Crippen molar-refractivity contribution in [1.82, 2.24) is 10.3 Å². The Morgan fingerprint density at radius 2 is 2.33 bits per heavy atom. The van der Waals surface area contributed by atoms with Crippen molar-refractivity contribution in [3.63, 3.8) is 0 Å². The second kappa shape index (κ2) is 6.01. The first-order valence-electron chi connectivity index (χ1n) is 5.17. The van der Waals surface area contributed by atoms with Gasteiger partial charge < -0.3 is 11.1 Å². The Kier molecular flexibility index (Phi) is 4.60. The topological polar surface area (TPSA) is 63.3 Å². The lowest BCUT2D eigenvalue weighted by molar-refractivity contribution is 0.825. The number of hydrogen-bond donors (Lipinski definition) is 2. The lowest BCUT2D eigenvalue weighted by atomic mass is 10.2. The number of guanidine groups is 1. The molecule has 0 spiro atoms. The predicted octanol–water partition coefficient (Wildman–Crippen LogP) is 1.20. The summed E-state index contributed by atoms with van der Waals surface area (Å²) in [5, 5.41) is 3.02. The molecule has 0 aliphatic carbocycles. The van der Waals surface area contributed by atoms with Crippen LogP contribution in [0, 0.1) is 6.92 Å². The van der Waals surface area contributed by atoms with E-state index in [-0.39, 0.29) is 0 Å². The van der Waals surface area contributed by atoms with E-state index in [0.29, 0.717) is 12.5 Å². The van der Waals surface area contributed by atoms with E-state index in [1.807, 2.05) is 25.3 Å². The second-order valence-electron chi connectivity index (χ2n) is 3.44. The molecule has 15 heavy (non-hydrogen) atoms. The Balaban J connectivity index is 2.45. The molecule has 0 radical (unpaired) electrons. The van der Waals surface area contributed by atoms with Crippen molar-refractivity contribution in [3.05, 3.63) is 29.6 Å². The van der Waals surface area contributed by atoms with Crippen LogP contribution in [0.15, 0.2) is 23.3 Å². The quantitative estimate of drug-likeness (QED) is 0.575. The van der Waals surface area contributed by atoms with Gasteiger partial charge in [0.15, 0.2) is 5.96 Å². The zero-order valence-electron chi connectivity index (χ0n) is 9.33. The molecule has 1 rings (SSSR count). The number of hydrogen-bond acceptors (Lipinski definition) is 2. The van der Waals surface area contributed by atoms with Crippen LogP contribution in [0.25, 0.3) is 0 Å². The number of aromatic nitrogens is 1. The second-order valence-corrected chi connectivity index (χ2v) is 3.44. The molecular formula is C11H18N4. The van der Waals surface area contributed by atoms with Crippen LogP contribution in [0.1, 0.15) is 24.6 Å². The van der Waals surface area contributed by atoms with Gasteiger partial charge in [-0.3, -0.25) is 4.98 Å². The first kappa shape index (κ1) is 11.5. The fourth-order valence-corrected chi connectivity index (χ4v) is 1.08. The zero-order chi connectivity index (χ0) is 11.1. The average Bonchev–Trinajstić information content (AvgIpc) is 2.25. The fourth-order valence-electron chi connectivity index (χ4n) is 1.08. The van der Waals surface area contributed by atoms with Crippen LogP contribution in [0.5, 0.6) is 0 Å². The minimum atomic E-state index is 0.498. The van der Waals surface area contributed by atoms with Crippen molar-refractivity contribution >= 4 is 5.96 Å². The summed E-state index contributed by atoms with van der Waals surface area (Å²) in [7, 11) is 0. The molecule has 0 atom stereocenters. The first-order chi connectivity index (χ1) is 7.22. The van der Waals surface area contributed by atoms with Crippen LogP contribution in [-0.4, -0.2) is 17.5 Å². The molecule has 3 N–H and O–H groups in total. The summed E-state index contributed by atoms with van der Waals surface area (Å²) >= 11 is 0. The number of nitrogens with one attached hydrogen (secondary N) is 1. The zero-order valence-corrected chi connectivity index (χ0v) is 9.33. The third kappa shape index (κ3) is 4.44. The summed E-state index contributed by atoms with van der Waals surface area (Å²) in [6.45, 7) is 5.49. The lowest BCUT2D eigenvalue weighted by Gasteiger charge is -2.03. The lowest BCUT2D eigenvalue weighted by Crippen LogP contribution is -2.32. The number of pyridine rings is 1. The molecule has 0 saturated carbocycles. The van der Waals surface area contributed by atoms with E-state index < -0.39 is 0 Å². The average molecular weight is 206 g/mol. The van der Waals surface area contributed by atoms with E-state index in [4.69, 9.17) is 5.73 Å². The summed E-state index contributed by atoms with van der Waals surface area (Å²) in [5.74, 6) is 0.498. The third-order valence-electron chi connectivity index (χ3n) is 1.96. The Labute approximate surface area is 90.6 Å². The van der Waals surface area contributed by atoms with Gasteiger partial charge in [0.1, 0.15) is 0 Å².